The number of rotatable bonds is 6. The van der Waals surface area contributed by atoms with E-state index in [2.05, 4.69) is 14.5 Å². The topological polar surface area (TPSA) is 47.4 Å². The van der Waals surface area contributed by atoms with E-state index in [0.717, 1.165) is 38.0 Å². The molecule has 2 heterocycles. The third-order valence-corrected chi connectivity index (χ3v) is 4.33. The van der Waals surface area contributed by atoms with Gasteiger partial charge >= 0.3 is 5.97 Å². The van der Waals surface area contributed by atoms with Gasteiger partial charge in [-0.05, 0) is 37.4 Å². The summed E-state index contributed by atoms with van der Waals surface area (Å²) in [6.45, 7) is 3.69. The molecule has 23 heavy (non-hydrogen) atoms. The van der Waals surface area contributed by atoms with Gasteiger partial charge in [-0.2, -0.15) is 0 Å². The fourth-order valence-corrected chi connectivity index (χ4v) is 2.99. The Hall–Kier alpha value is -2.14. The van der Waals surface area contributed by atoms with Crippen LogP contribution in [0.3, 0.4) is 0 Å². The lowest BCUT2D eigenvalue weighted by Gasteiger charge is -2.31. The predicted molar refractivity (Wildman–Crippen MR) is 87.6 cm³/mol. The predicted octanol–water partition coefficient (Wildman–Crippen LogP) is 2.34. The maximum absolute atomic E-state index is 11.9. The zero-order valence-corrected chi connectivity index (χ0v) is 13.3. The molecular weight excluding hydrogens is 290 g/mol. The van der Waals surface area contributed by atoms with Crippen LogP contribution in [-0.2, 0) is 22.7 Å². The maximum Gasteiger partial charge on any atom is 0.320 e. The van der Waals surface area contributed by atoms with Gasteiger partial charge in [0.15, 0.2) is 0 Å². The van der Waals surface area contributed by atoms with Gasteiger partial charge in [0.1, 0.15) is 6.61 Å². The molecule has 1 aliphatic heterocycles. The van der Waals surface area contributed by atoms with Crippen LogP contribution >= 0.6 is 0 Å². The monoisotopic (exact) mass is 313 g/mol. The minimum absolute atomic E-state index is 0.137. The van der Waals surface area contributed by atoms with E-state index >= 15 is 0 Å². The van der Waals surface area contributed by atoms with Crippen molar-refractivity contribution < 1.29 is 9.53 Å². The summed E-state index contributed by atoms with van der Waals surface area (Å²) in [5.41, 5.74) is 1.03. The summed E-state index contributed by atoms with van der Waals surface area (Å²) in [6.07, 6.45) is 7.92. The molecule has 0 bridgehead atoms. The molecule has 0 amide bonds. The smallest absolute Gasteiger partial charge is 0.320 e. The SMILES string of the molecule is O=C(CN1CCC(Cn2ccnc2)CC1)OCc1ccccc1. The van der Waals surface area contributed by atoms with E-state index in [1.807, 2.05) is 49.1 Å². The van der Waals surface area contributed by atoms with E-state index in [1.165, 1.54) is 0 Å². The first-order chi connectivity index (χ1) is 11.3. The second-order valence-electron chi connectivity index (χ2n) is 6.13. The first-order valence-corrected chi connectivity index (χ1v) is 8.17. The molecule has 1 aliphatic rings. The van der Waals surface area contributed by atoms with Crippen molar-refractivity contribution in [3.8, 4) is 0 Å². The van der Waals surface area contributed by atoms with E-state index in [1.54, 1.807) is 0 Å². The highest BCUT2D eigenvalue weighted by Gasteiger charge is 2.21. The largest absolute Gasteiger partial charge is 0.460 e. The van der Waals surface area contributed by atoms with Crippen LogP contribution in [0, 0.1) is 5.92 Å². The van der Waals surface area contributed by atoms with Crippen LogP contribution in [0.4, 0.5) is 0 Å². The molecule has 2 aromatic rings. The van der Waals surface area contributed by atoms with Crippen LogP contribution < -0.4 is 0 Å². The minimum atomic E-state index is -0.137. The van der Waals surface area contributed by atoms with Crippen LogP contribution in [0.25, 0.3) is 0 Å². The summed E-state index contributed by atoms with van der Waals surface area (Å²) in [4.78, 5) is 18.2. The first-order valence-electron chi connectivity index (χ1n) is 8.17. The molecule has 0 atom stereocenters. The molecule has 0 radical (unpaired) electrons. The van der Waals surface area contributed by atoms with Gasteiger partial charge in [-0.25, -0.2) is 4.98 Å². The highest BCUT2D eigenvalue weighted by molar-refractivity contribution is 5.71. The summed E-state index contributed by atoms with van der Waals surface area (Å²) < 4.78 is 7.48. The Balaban J connectivity index is 1.36. The Morgan fingerprint density at radius 2 is 2.00 bits per heavy atom. The molecule has 1 fully saturated rings. The fraction of sp³-hybridized carbons (Fsp3) is 0.444. The van der Waals surface area contributed by atoms with Crippen molar-refractivity contribution in [2.45, 2.75) is 26.0 Å². The minimum Gasteiger partial charge on any atom is -0.460 e. The normalized spacial score (nSPS) is 16.3. The summed E-state index contributed by atoms with van der Waals surface area (Å²) in [6, 6.07) is 9.80. The van der Waals surface area contributed by atoms with Gasteiger partial charge in [0.05, 0.1) is 12.9 Å². The fourth-order valence-electron chi connectivity index (χ4n) is 2.99. The molecule has 5 heteroatoms. The molecule has 0 saturated carbocycles. The number of imidazole rings is 1. The van der Waals surface area contributed by atoms with Crippen molar-refractivity contribution in [2.75, 3.05) is 19.6 Å². The molecular formula is C18H23N3O2. The first kappa shape index (κ1) is 15.7. The molecule has 0 aliphatic carbocycles. The Labute approximate surface area is 136 Å². The molecule has 1 aromatic carbocycles. The van der Waals surface area contributed by atoms with Gasteiger partial charge in [0, 0.05) is 18.9 Å². The van der Waals surface area contributed by atoms with E-state index in [9.17, 15) is 4.79 Å². The number of esters is 1. The van der Waals surface area contributed by atoms with Crippen molar-refractivity contribution >= 4 is 5.97 Å². The number of aromatic nitrogens is 2. The molecule has 3 rings (SSSR count). The van der Waals surface area contributed by atoms with Crippen LogP contribution in [0.1, 0.15) is 18.4 Å². The van der Waals surface area contributed by atoms with Crippen LogP contribution in [0.5, 0.6) is 0 Å². The second kappa shape index (κ2) is 7.92. The van der Waals surface area contributed by atoms with Crippen molar-refractivity contribution in [3.63, 3.8) is 0 Å². The quantitative estimate of drug-likeness (QED) is 0.768. The van der Waals surface area contributed by atoms with E-state index in [0.29, 0.717) is 19.1 Å². The van der Waals surface area contributed by atoms with E-state index in [4.69, 9.17) is 4.74 Å². The Morgan fingerprint density at radius 3 is 2.70 bits per heavy atom. The van der Waals surface area contributed by atoms with Gasteiger partial charge in [0.25, 0.3) is 0 Å². The van der Waals surface area contributed by atoms with Crippen molar-refractivity contribution in [1.82, 2.24) is 14.5 Å². The highest BCUT2D eigenvalue weighted by Crippen LogP contribution is 2.19. The molecule has 5 nitrogen and oxygen atoms in total. The van der Waals surface area contributed by atoms with Crippen molar-refractivity contribution in [2.24, 2.45) is 5.92 Å². The highest BCUT2D eigenvalue weighted by atomic mass is 16.5. The number of carbonyl (C=O) groups is 1. The van der Waals surface area contributed by atoms with Crippen molar-refractivity contribution in [3.05, 3.63) is 54.6 Å². The Bertz CT molecular complexity index is 590. The van der Waals surface area contributed by atoms with Crippen LogP contribution in [0.15, 0.2) is 49.1 Å². The van der Waals surface area contributed by atoms with E-state index < -0.39 is 0 Å². The summed E-state index contributed by atoms with van der Waals surface area (Å²) >= 11 is 0. The lowest BCUT2D eigenvalue weighted by Crippen LogP contribution is -2.38. The summed E-state index contributed by atoms with van der Waals surface area (Å²) in [7, 11) is 0. The maximum atomic E-state index is 11.9. The number of carbonyl (C=O) groups excluding carboxylic acids is 1. The third-order valence-electron chi connectivity index (χ3n) is 4.33. The third kappa shape index (κ3) is 4.93. The van der Waals surface area contributed by atoms with Gasteiger partial charge in [0.2, 0.25) is 0 Å². The summed E-state index contributed by atoms with van der Waals surface area (Å²) in [5.74, 6) is 0.530. The second-order valence-corrected chi connectivity index (χ2v) is 6.13. The average molecular weight is 313 g/mol. The molecule has 0 N–H and O–H groups in total. The standard InChI is InChI=1S/C18H23N3O2/c22-18(23-14-17-4-2-1-3-5-17)13-20-9-6-16(7-10-20)12-21-11-8-19-15-21/h1-5,8,11,15-16H,6-7,9-10,12-14H2. The number of hydrogen-bond acceptors (Lipinski definition) is 4. The number of ether oxygens (including phenoxy) is 1. The number of hydrogen-bond donors (Lipinski definition) is 0. The number of piperidine rings is 1. The average Bonchev–Trinajstić information content (AvgIpc) is 3.09. The summed E-state index contributed by atoms with van der Waals surface area (Å²) in [5, 5.41) is 0. The number of nitrogens with zero attached hydrogens (tertiary/aromatic N) is 3. The van der Waals surface area contributed by atoms with Gasteiger partial charge in [-0.3, -0.25) is 9.69 Å². The molecule has 1 aromatic heterocycles. The van der Waals surface area contributed by atoms with Crippen molar-refractivity contribution in [1.29, 1.82) is 0 Å². The van der Waals surface area contributed by atoms with E-state index in [-0.39, 0.29) is 5.97 Å². The molecule has 0 spiro atoms. The van der Waals surface area contributed by atoms with Gasteiger partial charge < -0.3 is 9.30 Å². The Morgan fingerprint density at radius 1 is 1.22 bits per heavy atom. The van der Waals surface area contributed by atoms with Gasteiger partial charge in [-0.1, -0.05) is 30.3 Å². The zero-order valence-electron chi connectivity index (χ0n) is 13.3. The number of benzene rings is 1. The lowest BCUT2D eigenvalue weighted by atomic mass is 9.97. The Kier molecular flexibility index (Phi) is 5.42. The number of likely N-dealkylation sites (tertiary alicyclic amines) is 1. The lowest BCUT2D eigenvalue weighted by molar-refractivity contribution is -0.146. The van der Waals surface area contributed by atoms with Crippen LogP contribution in [0.2, 0.25) is 0 Å². The molecule has 0 unspecified atom stereocenters. The molecule has 1 saturated heterocycles. The molecule has 122 valence electrons. The van der Waals surface area contributed by atoms with Crippen LogP contribution in [-0.4, -0.2) is 40.1 Å². The van der Waals surface area contributed by atoms with Gasteiger partial charge in [-0.15, -0.1) is 0 Å². The zero-order chi connectivity index (χ0) is 15.9.